The molecule has 0 unspecified atom stereocenters. The molecule has 2 N–H and O–H groups in total. The van der Waals surface area contributed by atoms with E-state index < -0.39 is 40.5 Å². The van der Waals surface area contributed by atoms with E-state index in [9.17, 15) is 29.2 Å². The summed E-state index contributed by atoms with van der Waals surface area (Å²) in [6.45, 7) is 0.444. The zero-order chi connectivity index (χ0) is 17.0. The summed E-state index contributed by atoms with van der Waals surface area (Å²) in [6, 6.07) is 1.82. The van der Waals surface area contributed by atoms with Crippen molar-refractivity contribution in [2.24, 2.45) is 0 Å². The van der Waals surface area contributed by atoms with Crippen LogP contribution in [0.4, 0.5) is 10.1 Å². The monoisotopic (exact) mass is 326 g/mol. The standard InChI is InChI=1S/C14H15FN2O6/c15-9-4-3-8(7-11(9)17(21)22)6-10(14(19)20)16-13(18)12-2-1-5-23-12/h3-4,7,10,12H,1-2,5-6H2,(H,16,18)(H,19,20)/t10-,12+/m0/s1. The fourth-order valence-corrected chi connectivity index (χ4v) is 2.31. The van der Waals surface area contributed by atoms with Crippen molar-refractivity contribution >= 4 is 17.6 Å². The molecule has 23 heavy (non-hydrogen) atoms. The lowest BCUT2D eigenvalue weighted by molar-refractivity contribution is -0.387. The molecule has 0 saturated carbocycles. The topological polar surface area (TPSA) is 119 Å². The Hall–Kier alpha value is -2.55. The van der Waals surface area contributed by atoms with E-state index in [1.165, 1.54) is 6.07 Å². The van der Waals surface area contributed by atoms with Crippen molar-refractivity contribution in [3.8, 4) is 0 Å². The number of halogens is 1. The number of carboxylic acids is 1. The van der Waals surface area contributed by atoms with Gasteiger partial charge < -0.3 is 15.2 Å². The van der Waals surface area contributed by atoms with E-state index in [4.69, 9.17) is 4.74 Å². The minimum Gasteiger partial charge on any atom is -0.480 e. The Labute approximate surface area is 130 Å². The molecule has 8 nitrogen and oxygen atoms in total. The summed E-state index contributed by atoms with van der Waals surface area (Å²) >= 11 is 0. The number of carbonyl (C=O) groups excluding carboxylic acids is 1. The summed E-state index contributed by atoms with van der Waals surface area (Å²) in [4.78, 5) is 33.0. The number of aliphatic carboxylic acids is 1. The van der Waals surface area contributed by atoms with Crippen LogP contribution in [-0.2, 0) is 20.7 Å². The van der Waals surface area contributed by atoms with Crippen molar-refractivity contribution in [1.29, 1.82) is 0 Å². The van der Waals surface area contributed by atoms with Crippen LogP contribution in [0.5, 0.6) is 0 Å². The largest absolute Gasteiger partial charge is 0.480 e. The number of hydrogen-bond acceptors (Lipinski definition) is 5. The van der Waals surface area contributed by atoms with Crippen LogP contribution >= 0.6 is 0 Å². The molecule has 1 fully saturated rings. The van der Waals surface area contributed by atoms with E-state index in [0.29, 0.717) is 13.0 Å². The van der Waals surface area contributed by atoms with Crippen LogP contribution in [0.3, 0.4) is 0 Å². The second kappa shape index (κ2) is 7.14. The van der Waals surface area contributed by atoms with Gasteiger partial charge in [0.05, 0.1) is 4.92 Å². The van der Waals surface area contributed by atoms with Crippen LogP contribution in [0.15, 0.2) is 18.2 Å². The molecular formula is C14H15FN2O6. The maximum absolute atomic E-state index is 13.3. The van der Waals surface area contributed by atoms with E-state index in [0.717, 1.165) is 18.6 Å². The van der Waals surface area contributed by atoms with E-state index in [-0.39, 0.29) is 12.0 Å². The van der Waals surface area contributed by atoms with Crippen LogP contribution in [-0.4, -0.2) is 40.7 Å². The van der Waals surface area contributed by atoms with Crippen LogP contribution in [0, 0.1) is 15.9 Å². The fraction of sp³-hybridized carbons (Fsp3) is 0.429. The predicted octanol–water partition coefficient (Wildman–Crippen LogP) is 1.02. The highest BCUT2D eigenvalue weighted by atomic mass is 19.1. The number of nitro benzene ring substituents is 1. The molecule has 1 heterocycles. The lowest BCUT2D eigenvalue weighted by Gasteiger charge is -2.17. The number of benzene rings is 1. The first-order valence-corrected chi connectivity index (χ1v) is 6.96. The van der Waals surface area contributed by atoms with E-state index in [2.05, 4.69) is 5.32 Å². The van der Waals surface area contributed by atoms with Crippen molar-refractivity contribution in [3.63, 3.8) is 0 Å². The highest BCUT2D eigenvalue weighted by Crippen LogP contribution is 2.20. The van der Waals surface area contributed by atoms with Gasteiger partial charge in [0.1, 0.15) is 12.1 Å². The molecule has 9 heteroatoms. The number of rotatable bonds is 6. The average Bonchev–Trinajstić information content (AvgIpc) is 3.02. The molecule has 1 saturated heterocycles. The van der Waals surface area contributed by atoms with Gasteiger partial charge in [-0.15, -0.1) is 0 Å². The Bertz CT molecular complexity index is 630. The van der Waals surface area contributed by atoms with Gasteiger partial charge in [0.25, 0.3) is 0 Å². The molecular weight excluding hydrogens is 311 g/mol. The first-order valence-electron chi connectivity index (χ1n) is 6.96. The number of carboxylic acid groups (broad SMARTS) is 1. The van der Waals surface area contributed by atoms with Crippen LogP contribution in [0.25, 0.3) is 0 Å². The van der Waals surface area contributed by atoms with E-state index in [1.54, 1.807) is 0 Å². The second-order valence-electron chi connectivity index (χ2n) is 5.15. The fourth-order valence-electron chi connectivity index (χ4n) is 2.31. The number of carbonyl (C=O) groups is 2. The van der Waals surface area contributed by atoms with Gasteiger partial charge in [-0.2, -0.15) is 4.39 Å². The molecule has 0 spiro atoms. The molecule has 124 valence electrons. The zero-order valence-electron chi connectivity index (χ0n) is 12.0. The lowest BCUT2D eigenvalue weighted by Crippen LogP contribution is -2.46. The zero-order valence-corrected chi connectivity index (χ0v) is 12.0. The Morgan fingerprint density at radius 1 is 1.52 bits per heavy atom. The molecule has 1 aromatic carbocycles. The van der Waals surface area contributed by atoms with E-state index in [1.807, 2.05) is 0 Å². The van der Waals surface area contributed by atoms with Gasteiger partial charge in [0, 0.05) is 19.1 Å². The molecule has 1 aliphatic heterocycles. The molecule has 0 aromatic heterocycles. The summed E-state index contributed by atoms with van der Waals surface area (Å²) in [6.07, 6.45) is 0.356. The first-order chi connectivity index (χ1) is 10.9. The van der Waals surface area contributed by atoms with Crippen LogP contribution in [0.1, 0.15) is 18.4 Å². The number of ether oxygens (including phenoxy) is 1. The van der Waals surface area contributed by atoms with Gasteiger partial charge in [-0.25, -0.2) is 4.79 Å². The predicted molar refractivity (Wildman–Crippen MR) is 75.3 cm³/mol. The van der Waals surface area contributed by atoms with Crippen molar-refractivity contribution in [3.05, 3.63) is 39.7 Å². The maximum Gasteiger partial charge on any atom is 0.326 e. The molecule has 1 aromatic rings. The molecule has 2 rings (SSSR count). The minimum absolute atomic E-state index is 0.199. The summed E-state index contributed by atoms with van der Waals surface area (Å²) in [7, 11) is 0. The number of hydrogen-bond donors (Lipinski definition) is 2. The van der Waals surface area contributed by atoms with E-state index >= 15 is 0 Å². The summed E-state index contributed by atoms with van der Waals surface area (Å²) < 4.78 is 18.5. The van der Waals surface area contributed by atoms with Crippen LogP contribution < -0.4 is 5.32 Å². The molecule has 2 atom stereocenters. The van der Waals surface area contributed by atoms with Gasteiger partial charge in [-0.1, -0.05) is 6.07 Å². The normalized spacial score (nSPS) is 18.4. The van der Waals surface area contributed by atoms with Crippen LogP contribution in [0.2, 0.25) is 0 Å². The molecule has 0 bridgehead atoms. The third-order valence-electron chi connectivity index (χ3n) is 3.48. The Balaban J connectivity index is 2.10. The highest BCUT2D eigenvalue weighted by molar-refractivity contribution is 5.86. The SMILES string of the molecule is O=C(O)[C@H](Cc1ccc(F)c([N+](=O)[O-])c1)NC(=O)[C@H]1CCCO1. The highest BCUT2D eigenvalue weighted by Gasteiger charge is 2.28. The van der Waals surface area contributed by atoms with Crippen molar-refractivity contribution in [1.82, 2.24) is 5.32 Å². The summed E-state index contributed by atoms with van der Waals surface area (Å²) in [5.74, 6) is -2.83. The van der Waals surface area contributed by atoms with Crippen molar-refractivity contribution < 1.29 is 28.7 Å². The minimum atomic E-state index is -1.29. The lowest BCUT2D eigenvalue weighted by atomic mass is 10.0. The van der Waals surface area contributed by atoms with Crippen molar-refractivity contribution in [2.45, 2.75) is 31.4 Å². The first kappa shape index (κ1) is 16.8. The van der Waals surface area contributed by atoms with Gasteiger partial charge in [-0.3, -0.25) is 14.9 Å². The smallest absolute Gasteiger partial charge is 0.326 e. The van der Waals surface area contributed by atoms with Gasteiger partial charge in [0.2, 0.25) is 11.7 Å². The Morgan fingerprint density at radius 2 is 2.26 bits per heavy atom. The second-order valence-corrected chi connectivity index (χ2v) is 5.15. The third-order valence-corrected chi connectivity index (χ3v) is 3.48. The number of nitro groups is 1. The average molecular weight is 326 g/mol. The number of amides is 1. The molecule has 0 radical (unpaired) electrons. The summed E-state index contributed by atoms with van der Waals surface area (Å²) in [5.41, 5.74) is -0.504. The maximum atomic E-state index is 13.3. The Morgan fingerprint density at radius 3 is 2.83 bits per heavy atom. The molecule has 1 aliphatic rings. The molecule has 0 aliphatic carbocycles. The number of nitrogens with zero attached hydrogens (tertiary/aromatic N) is 1. The van der Waals surface area contributed by atoms with Gasteiger partial charge in [-0.05, 0) is 24.5 Å². The van der Waals surface area contributed by atoms with Crippen molar-refractivity contribution in [2.75, 3.05) is 6.61 Å². The van der Waals surface area contributed by atoms with Gasteiger partial charge in [0.15, 0.2) is 0 Å². The third kappa shape index (κ3) is 4.22. The quantitative estimate of drug-likeness (QED) is 0.595. The summed E-state index contributed by atoms with van der Waals surface area (Å²) in [5, 5.41) is 22.2. The van der Waals surface area contributed by atoms with Gasteiger partial charge >= 0.3 is 11.7 Å². The Kier molecular flexibility index (Phi) is 5.22. The number of nitrogens with one attached hydrogen (secondary N) is 1. The molecule has 1 amide bonds.